The highest BCUT2D eigenvalue weighted by Gasteiger charge is 2.05. The van der Waals surface area contributed by atoms with Gasteiger partial charge in [0.25, 0.3) is 0 Å². The zero-order valence-corrected chi connectivity index (χ0v) is 12.8. The Balaban J connectivity index is 2.09. The van der Waals surface area contributed by atoms with Gasteiger partial charge in [-0.25, -0.2) is 4.39 Å². The molecule has 0 saturated heterocycles. The van der Waals surface area contributed by atoms with Crippen LogP contribution in [-0.2, 0) is 0 Å². The van der Waals surface area contributed by atoms with Crippen LogP contribution >= 0.6 is 35.4 Å². The topological polar surface area (TPSA) is 24.1 Å². The molecule has 6 heteroatoms. The average Bonchev–Trinajstić information content (AvgIpc) is 2.38. The Morgan fingerprint density at radius 1 is 1.05 bits per heavy atom. The molecule has 2 nitrogen and oxygen atoms in total. The molecule has 2 aromatic carbocycles. The van der Waals surface area contributed by atoms with Crippen LogP contribution in [0.4, 0.5) is 15.8 Å². The molecule has 2 aromatic rings. The van der Waals surface area contributed by atoms with Crippen LogP contribution in [0.2, 0.25) is 10.0 Å². The predicted octanol–water partition coefficient (Wildman–Crippen LogP) is 5.25. The first-order valence-electron chi connectivity index (χ1n) is 5.75. The number of hydrogen-bond donors (Lipinski definition) is 2. The summed E-state index contributed by atoms with van der Waals surface area (Å²) in [5, 5.41) is 7.14. The van der Waals surface area contributed by atoms with E-state index in [0.717, 1.165) is 5.56 Å². The first kappa shape index (κ1) is 15.0. The number of aryl methyl sites for hydroxylation is 1. The third-order valence-electron chi connectivity index (χ3n) is 2.63. The van der Waals surface area contributed by atoms with Crippen molar-refractivity contribution >= 4 is 51.9 Å². The summed E-state index contributed by atoms with van der Waals surface area (Å²) in [5.41, 5.74) is 2.21. The maximum atomic E-state index is 13.2. The Hall–Kier alpha value is -1.36. The summed E-state index contributed by atoms with van der Waals surface area (Å²) in [6, 6.07) is 9.55. The molecule has 20 heavy (non-hydrogen) atoms. The van der Waals surface area contributed by atoms with Gasteiger partial charge in [-0.2, -0.15) is 0 Å². The van der Waals surface area contributed by atoms with E-state index in [1.165, 1.54) is 12.1 Å². The lowest BCUT2D eigenvalue weighted by molar-refractivity contribution is 0.628. The fourth-order valence-electron chi connectivity index (χ4n) is 1.59. The fraction of sp³-hybridized carbons (Fsp3) is 0.0714. The van der Waals surface area contributed by atoms with Crippen LogP contribution < -0.4 is 10.6 Å². The summed E-state index contributed by atoms with van der Waals surface area (Å²) in [4.78, 5) is 0. The smallest absolute Gasteiger partial charge is 0.175 e. The summed E-state index contributed by atoms with van der Waals surface area (Å²) in [6.45, 7) is 1.86. The molecule has 2 N–H and O–H groups in total. The lowest BCUT2D eigenvalue weighted by Crippen LogP contribution is -2.19. The molecule has 0 aromatic heterocycles. The molecule has 0 atom stereocenters. The van der Waals surface area contributed by atoms with Crippen molar-refractivity contribution in [1.29, 1.82) is 0 Å². The quantitative estimate of drug-likeness (QED) is 0.736. The normalized spacial score (nSPS) is 10.2. The van der Waals surface area contributed by atoms with Gasteiger partial charge in [-0.05, 0) is 55.0 Å². The molecule has 0 spiro atoms. The minimum Gasteiger partial charge on any atom is -0.332 e. The molecular formula is C14H11Cl2FN2S. The number of hydrogen-bond acceptors (Lipinski definition) is 1. The van der Waals surface area contributed by atoms with Crippen molar-refractivity contribution in [3.05, 3.63) is 57.8 Å². The van der Waals surface area contributed by atoms with Crippen LogP contribution in [0.15, 0.2) is 36.4 Å². The highest BCUT2D eigenvalue weighted by Crippen LogP contribution is 2.25. The molecule has 104 valence electrons. The molecule has 0 aliphatic carbocycles. The fourth-order valence-corrected chi connectivity index (χ4v) is 2.11. The number of rotatable bonds is 2. The maximum absolute atomic E-state index is 13.2. The van der Waals surface area contributed by atoms with Gasteiger partial charge in [-0.1, -0.05) is 29.3 Å². The molecular weight excluding hydrogens is 318 g/mol. The van der Waals surface area contributed by atoms with E-state index in [-0.39, 0.29) is 5.82 Å². The molecule has 0 aliphatic heterocycles. The van der Waals surface area contributed by atoms with E-state index in [1.807, 2.05) is 6.92 Å². The van der Waals surface area contributed by atoms with Gasteiger partial charge in [0, 0.05) is 11.4 Å². The van der Waals surface area contributed by atoms with Gasteiger partial charge in [-0.3, -0.25) is 0 Å². The zero-order valence-electron chi connectivity index (χ0n) is 10.5. The van der Waals surface area contributed by atoms with Crippen molar-refractivity contribution in [3.63, 3.8) is 0 Å². The summed E-state index contributed by atoms with van der Waals surface area (Å²) < 4.78 is 13.2. The largest absolute Gasteiger partial charge is 0.332 e. The Morgan fingerprint density at radius 2 is 1.80 bits per heavy atom. The number of anilines is 2. The number of nitrogens with one attached hydrogen (secondary N) is 2. The highest BCUT2D eigenvalue weighted by molar-refractivity contribution is 7.80. The zero-order chi connectivity index (χ0) is 14.7. The van der Waals surface area contributed by atoms with Crippen LogP contribution in [0.25, 0.3) is 0 Å². The van der Waals surface area contributed by atoms with Crippen LogP contribution in [0, 0.1) is 12.7 Å². The Kier molecular flexibility index (Phi) is 4.81. The SMILES string of the molecule is Cc1ccc(F)cc1NC(=S)Nc1ccc(Cl)c(Cl)c1. The predicted molar refractivity (Wildman–Crippen MR) is 87.4 cm³/mol. The van der Waals surface area contributed by atoms with E-state index >= 15 is 0 Å². The molecule has 0 heterocycles. The van der Waals surface area contributed by atoms with Crippen molar-refractivity contribution in [2.75, 3.05) is 10.6 Å². The van der Waals surface area contributed by atoms with E-state index in [9.17, 15) is 4.39 Å². The first-order valence-corrected chi connectivity index (χ1v) is 6.91. The second-order valence-electron chi connectivity index (χ2n) is 4.17. The van der Waals surface area contributed by atoms with Gasteiger partial charge in [0.05, 0.1) is 10.0 Å². The Morgan fingerprint density at radius 3 is 2.50 bits per heavy atom. The Labute approximate surface area is 131 Å². The molecule has 0 unspecified atom stereocenters. The molecule has 0 aliphatic rings. The summed E-state index contributed by atoms with van der Waals surface area (Å²) in [5.74, 6) is -0.324. The lowest BCUT2D eigenvalue weighted by Gasteiger charge is -2.13. The van der Waals surface area contributed by atoms with Gasteiger partial charge in [0.15, 0.2) is 5.11 Å². The highest BCUT2D eigenvalue weighted by atomic mass is 35.5. The van der Waals surface area contributed by atoms with Crippen LogP contribution in [0.5, 0.6) is 0 Å². The van der Waals surface area contributed by atoms with Gasteiger partial charge in [0.2, 0.25) is 0 Å². The van der Waals surface area contributed by atoms with Gasteiger partial charge in [-0.15, -0.1) is 0 Å². The molecule has 0 fully saturated rings. The van der Waals surface area contributed by atoms with Crippen LogP contribution in [0.3, 0.4) is 0 Å². The number of benzene rings is 2. The van der Waals surface area contributed by atoms with E-state index in [4.69, 9.17) is 35.4 Å². The van der Waals surface area contributed by atoms with E-state index in [1.54, 1.807) is 24.3 Å². The second-order valence-corrected chi connectivity index (χ2v) is 5.39. The molecule has 0 amide bonds. The van der Waals surface area contributed by atoms with Crippen molar-refractivity contribution in [3.8, 4) is 0 Å². The maximum Gasteiger partial charge on any atom is 0.175 e. The van der Waals surface area contributed by atoms with Crippen LogP contribution in [0.1, 0.15) is 5.56 Å². The minimum absolute atomic E-state index is 0.324. The second kappa shape index (κ2) is 6.39. The summed E-state index contributed by atoms with van der Waals surface area (Å²) >= 11 is 16.9. The first-order chi connectivity index (χ1) is 9.45. The van der Waals surface area contributed by atoms with Gasteiger partial charge < -0.3 is 10.6 Å². The molecule has 0 saturated carbocycles. The van der Waals surface area contributed by atoms with Crippen LogP contribution in [-0.4, -0.2) is 5.11 Å². The van der Waals surface area contributed by atoms with Crippen molar-refractivity contribution < 1.29 is 4.39 Å². The third-order valence-corrected chi connectivity index (χ3v) is 3.57. The molecule has 2 rings (SSSR count). The van der Waals surface area contributed by atoms with Gasteiger partial charge in [0.1, 0.15) is 5.82 Å². The number of thiocarbonyl (C=S) groups is 1. The van der Waals surface area contributed by atoms with Crippen molar-refractivity contribution in [2.45, 2.75) is 6.92 Å². The van der Waals surface area contributed by atoms with Gasteiger partial charge >= 0.3 is 0 Å². The van der Waals surface area contributed by atoms with E-state index < -0.39 is 0 Å². The van der Waals surface area contributed by atoms with E-state index in [2.05, 4.69) is 10.6 Å². The third kappa shape index (κ3) is 3.82. The van der Waals surface area contributed by atoms with Crippen molar-refractivity contribution in [2.24, 2.45) is 0 Å². The lowest BCUT2D eigenvalue weighted by atomic mass is 10.2. The average molecular weight is 329 g/mol. The summed E-state index contributed by atoms with van der Waals surface area (Å²) in [7, 11) is 0. The van der Waals surface area contributed by atoms with Crippen molar-refractivity contribution in [1.82, 2.24) is 0 Å². The summed E-state index contributed by atoms with van der Waals surface area (Å²) in [6.07, 6.45) is 0. The molecule has 0 bridgehead atoms. The Bertz CT molecular complexity index is 662. The monoisotopic (exact) mass is 328 g/mol. The van der Waals surface area contributed by atoms with E-state index in [0.29, 0.717) is 26.5 Å². The molecule has 0 radical (unpaired) electrons. The minimum atomic E-state index is -0.324. The number of halogens is 3. The standard InChI is InChI=1S/C14H11Cl2FN2S/c1-8-2-3-9(17)6-13(8)19-14(20)18-10-4-5-11(15)12(16)7-10/h2-7H,1H3,(H2,18,19,20).